The van der Waals surface area contributed by atoms with Gasteiger partial charge in [-0.1, -0.05) is 0 Å². The Morgan fingerprint density at radius 2 is 1.30 bits per heavy atom. The second-order valence-corrected chi connectivity index (χ2v) is 1.83. The van der Waals surface area contributed by atoms with Gasteiger partial charge in [-0.05, 0) is 6.92 Å². The first kappa shape index (κ1) is 16.6. The smallest absolute Gasteiger partial charge is 0.0383 e. The topological polar surface area (TPSA) is 126 Å². The van der Waals surface area contributed by atoms with E-state index in [0.29, 0.717) is 0 Å². The summed E-state index contributed by atoms with van der Waals surface area (Å²) in [5.74, 6) is -1.08. The minimum Gasteiger partial charge on any atom is -0.822 e. The molecule has 63 valence electrons. The fourth-order valence-electron chi connectivity index (χ4n) is 0. The van der Waals surface area contributed by atoms with Gasteiger partial charge in [-0.2, -0.15) is 7.82 Å². The molecule has 10 heavy (non-hydrogen) atoms. The minimum absolute atomic E-state index is 0. The summed E-state index contributed by atoms with van der Waals surface area (Å²) in [5.41, 5.74) is 0. The Kier molecular flexibility index (Phi) is 12.0. The molecule has 0 unspecified atom stereocenters. The maximum Gasteiger partial charge on any atom is 0.0383 e. The molecule has 0 spiro atoms. The molecule has 0 rings (SSSR count). The van der Waals surface area contributed by atoms with Crippen LogP contribution in [0, 0.1) is 0 Å². The van der Waals surface area contributed by atoms with Gasteiger partial charge in [0.25, 0.3) is 0 Å². The summed E-state index contributed by atoms with van der Waals surface area (Å²) < 4.78 is 8.55. The van der Waals surface area contributed by atoms with E-state index in [9.17, 15) is 0 Å². The Morgan fingerprint density at radius 1 is 1.30 bits per heavy atom. The Labute approximate surface area is 67.6 Å². The molecular weight excluding hydrogens is 206 g/mol. The molecule has 0 atom stereocenters. The molecule has 0 saturated carbocycles. The van der Waals surface area contributed by atoms with Crippen LogP contribution < -0.4 is 19.8 Å². The van der Waals surface area contributed by atoms with Crippen LogP contribution >= 0.6 is 7.82 Å². The number of carboxylic acid groups (broad SMARTS) is 1. The summed E-state index contributed by atoms with van der Waals surface area (Å²) in [7, 11) is -5.39. The first-order chi connectivity index (χ1) is 3.73. The molecule has 0 aliphatic heterocycles. The van der Waals surface area contributed by atoms with Gasteiger partial charge in [0.1, 0.15) is 0 Å². The summed E-state index contributed by atoms with van der Waals surface area (Å²) in [6, 6.07) is 0. The molecule has 0 bridgehead atoms. The quantitative estimate of drug-likeness (QED) is 0.295. The van der Waals surface area contributed by atoms with Gasteiger partial charge in [0, 0.05) is 23.0 Å². The zero-order chi connectivity index (χ0) is 8.08. The fourth-order valence-corrected chi connectivity index (χ4v) is 0. The molecule has 0 N–H and O–H groups in total. The Bertz CT molecular complexity index is 115. The van der Waals surface area contributed by atoms with E-state index in [4.69, 9.17) is 29.1 Å². The van der Waals surface area contributed by atoms with Gasteiger partial charge in [0.15, 0.2) is 0 Å². The zero-order valence-electron chi connectivity index (χ0n) is 4.77. The number of phosphoric acid groups is 1. The van der Waals surface area contributed by atoms with Gasteiger partial charge in [-0.15, -0.1) is 0 Å². The predicted molar refractivity (Wildman–Crippen MR) is 18.3 cm³/mol. The number of rotatable bonds is 0. The van der Waals surface area contributed by atoms with Crippen molar-refractivity contribution in [2.24, 2.45) is 0 Å². The summed E-state index contributed by atoms with van der Waals surface area (Å²) >= 11 is 0. The number of aliphatic carboxylic acids is 1. The summed E-state index contributed by atoms with van der Waals surface area (Å²) in [6.45, 7) is 0.972. The van der Waals surface area contributed by atoms with Crippen molar-refractivity contribution in [2.75, 3.05) is 0 Å². The average Bonchev–Trinajstić information content (AvgIpc) is 1.19. The first-order valence-corrected chi connectivity index (χ1v) is 3.10. The standard InChI is InChI=1S/C2H4O2.Mn.H3O4P/c1-2(3)4;;1-5(2,3)4/h1H3,(H,3,4);;(H3,1,2,3,4)/p-4. The van der Waals surface area contributed by atoms with Crippen LogP contribution in [0.15, 0.2) is 0 Å². The molecule has 0 aromatic heterocycles. The molecule has 8 heteroatoms. The fraction of sp³-hybridized carbons (Fsp3) is 0.500. The third kappa shape index (κ3) is 41300. The van der Waals surface area contributed by atoms with Crippen LogP contribution in [0.25, 0.3) is 0 Å². The van der Waals surface area contributed by atoms with Crippen LogP contribution in [-0.4, -0.2) is 5.97 Å². The van der Waals surface area contributed by atoms with Crippen LogP contribution in [0.5, 0.6) is 0 Å². The van der Waals surface area contributed by atoms with Crippen molar-refractivity contribution in [3.8, 4) is 0 Å². The molecule has 0 aromatic rings. The van der Waals surface area contributed by atoms with Crippen LogP contribution in [0.2, 0.25) is 0 Å². The number of hydrogen-bond donors (Lipinski definition) is 0. The number of carbonyl (C=O) groups excluding carboxylic acids is 1. The summed E-state index contributed by atoms with van der Waals surface area (Å²) in [6.07, 6.45) is 0. The van der Waals surface area contributed by atoms with Crippen LogP contribution in [0.1, 0.15) is 6.92 Å². The third-order valence-electron chi connectivity index (χ3n) is 0. The Morgan fingerprint density at radius 3 is 1.30 bits per heavy atom. The largest absolute Gasteiger partial charge is 0.822 e. The van der Waals surface area contributed by atoms with Gasteiger partial charge in [0.2, 0.25) is 0 Å². The zero-order valence-corrected chi connectivity index (χ0v) is 6.85. The van der Waals surface area contributed by atoms with E-state index in [1.165, 1.54) is 0 Å². The molecule has 0 heterocycles. The molecule has 0 saturated heterocycles. The molecule has 0 aliphatic rings. The first-order valence-electron chi connectivity index (χ1n) is 1.64. The van der Waals surface area contributed by atoms with Gasteiger partial charge in [-0.3, -0.25) is 0 Å². The maximum atomic E-state index is 8.89. The summed E-state index contributed by atoms with van der Waals surface area (Å²) in [4.78, 5) is 34.5. The summed E-state index contributed by atoms with van der Waals surface area (Å²) in [5, 5.41) is 8.89. The van der Waals surface area contributed by atoms with E-state index in [1.54, 1.807) is 0 Å². The van der Waals surface area contributed by atoms with Crippen molar-refractivity contribution >= 4 is 13.8 Å². The van der Waals surface area contributed by atoms with Crippen LogP contribution in [0.4, 0.5) is 0 Å². The van der Waals surface area contributed by atoms with Crippen molar-refractivity contribution in [3.63, 3.8) is 0 Å². The van der Waals surface area contributed by atoms with Crippen molar-refractivity contribution < 1.29 is 46.2 Å². The maximum absolute atomic E-state index is 8.89. The molecular formula is C2H3MnO6P-4. The second kappa shape index (κ2) is 7.21. The predicted octanol–water partition coefficient (Wildman–Crippen LogP) is -4.07. The SMILES string of the molecule is CC(=O)[O-].O=P([O-])([O-])[O-].[Mn]. The second-order valence-electron chi connectivity index (χ2n) is 0.939. The molecule has 0 amide bonds. The molecule has 0 fully saturated rings. The van der Waals surface area contributed by atoms with E-state index in [1.807, 2.05) is 0 Å². The average molecular weight is 209 g/mol. The van der Waals surface area contributed by atoms with Gasteiger partial charge in [-0.25, -0.2) is 0 Å². The van der Waals surface area contributed by atoms with Crippen molar-refractivity contribution in [3.05, 3.63) is 0 Å². The molecule has 6 nitrogen and oxygen atoms in total. The van der Waals surface area contributed by atoms with Gasteiger partial charge < -0.3 is 29.1 Å². The van der Waals surface area contributed by atoms with Crippen molar-refractivity contribution in [1.29, 1.82) is 0 Å². The Balaban J connectivity index is -0.0000000910. The van der Waals surface area contributed by atoms with Crippen molar-refractivity contribution in [2.45, 2.75) is 6.92 Å². The van der Waals surface area contributed by atoms with E-state index in [0.717, 1.165) is 6.92 Å². The minimum atomic E-state index is -5.39. The van der Waals surface area contributed by atoms with E-state index in [2.05, 4.69) is 0 Å². The number of carbonyl (C=O) groups is 1. The molecule has 0 aromatic carbocycles. The van der Waals surface area contributed by atoms with Crippen molar-refractivity contribution in [1.82, 2.24) is 0 Å². The van der Waals surface area contributed by atoms with Crippen LogP contribution in [-0.2, 0) is 26.4 Å². The van der Waals surface area contributed by atoms with Crippen LogP contribution in [0.3, 0.4) is 0 Å². The third-order valence-corrected chi connectivity index (χ3v) is 0. The molecule has 1 radical (unpaired) electrons. The normalized spacial score (nSPS) is 8.40. The Hall–Kier alpha value is 0.0995. The number of carboxylic acids is 1. The van der Waals surface area contributed by atoms with E-state index < -0.39 is 13.8 Å². The van der Waals surface area contributed by atoms with E-state index >= 15 is 0 Å². The monoisotopic (exact) mass is 209 g/mol. The number of hydrogen-bond acceptors (Lipinski definition) is 6. The molecule has 0 aliphatic carbocycles. The van der Waals surface area contributed by atoms with E-state index in [-0.39, 0.29) is 17.1 Å². The van der Waals surface area contributed by atoms with Gasteiger partial charge >= 0.3 is 0 Å². The van der Waals surface area contributed by atoms with Gasteiger partial charge in [0.05, 0.1) is 0 Å².